The molecule has 0 aliphatic carbocycles. The van der Waals surface area contributed by atoms with Crippen molar-refractivity contribution in [1.29, 1.82) is 0 Å². The van der Waals surface area contributed by atoms with Crippen LogP contribution in [-0.2, 0) is 10.0 Å². The van der Waals surface area contributed by atoms with Crippen LogP contribution in [0.1, 0.15) is 12.5 Å². The Balaban J connectivity index is 2.49. The van der Waals surface area contributed by atoms with Crippen molar-refractivity contribution in [3.8, 4) is 0 Å². The van der Waals surface area contributed by atoms with Gasteiger partial charge < -0.3 is 11.1 Å². The second-order valence-electron chi connectivity index (χ2n) is 4.22. The van der Waals surface area contributed by atoms with Crippen LogP contribution in [0.15, 0.2) is 18.2 Å². The predicted molar refractivity (Wildman–Crippen MR) is 76.2 cm³/mol. The molecule has 6 heteroatoms. The van der Waals surface area contributed by atoms with Gasteiger partial charge in [-0.3, -0.25) is 0 Å². The number of anilines is 2. The minimum Gasteiger partial charge on any atom is -0.399 e. The highest BCUT2D eigenvalue weighted by Gasteiger charge is 2.13. The minimum atomic E-state index is -3.09. The van der Waals surface area contributed by atoms with Gasteiger partial charge in [0.15, 0.2) is 0 Å². The van der Waals surface area contributed by atoms with Gasteiger partial charge in [0.25, 0.3) is 0 Å². The van der Waals surface area contributed by atoms with Crippen molar-refractivity contribution in [3.63, 3.8) is 0 Å². The molecule has 102 valence electrons. The fraction of sp³-hybridized carbons (Fsp3) is 0.500. The van der Waals surface area contributed by atoms with Crippen molar-refractivity contribution in [2.45, 2.75) is 13.8 Å². The molecule has 0 heterocycles. The number of aryl methyl sites for hydroxylation is 1. The lowest BCUT2D eigenvalue weighted by Crippen LogP contribution is -2.32. The van der Waals surface area contributed by atoms with Crippen LogP contribution in [0.25, 0.3) is 0 Å². The summed E-state index contributed by atoms with van der Waals surface area (Å²) in [6.07, 6.45) is 0. The van der Waals surface area contributed by atoms with Crippen molar-refractivity contribution >= 4 is 21.4 Å². The van der Waals surface area contributed by atoms with Crippen molar-refractivity contribution in [2.75, 3.05) is 36.9 Å². The largest absolute Gasteiger partial charge is 0.399 e. The highest BCUT2D eigenvalue weighted by atomic mass is 32.2. The first kappa shape index (κ1) is 14.8. The topological polar surface area (TPSA) is 75.4 Å². The van der Waals surface area contributed by atoms with Gasteiger partial charge in [0.1, 0.15) is 0 Å². The lowest BCUT2D eigenvalue weighted by atomic mass is 10.2. The van der Waals surface area contributed by atoms with Gasteiger partial charge in [-0.05, 0) is 37.6 Å². The number of benzene rings is 1. The first-order valence-corrected chi connectivity index (χ1v) is 7.51. The van der Waals surface area contributed by atoms with Crippen LogP contribution in [-0.4, -0.2) is 38.6 Å². The van der Waals surface area contributed by atoms with Crippen LogP contribution < -0.4 is 11.1 Å². The third-order valence-corrected chi connectivity index (χ3v) is 4.73. The van der Waals surface area contributed by atoms with E-state index in [1.54, 1.807) is 14.0 Å². The Morgan fingerprint density at radius 2 is 2.06 bits per heavy atom. The zero-order valence-electron chi connectivity index (χ0n) is 11.1. The van der Waals surface area contributed by atoms with Gasteiger partial charge in [-0.2, -0.15) is 0 Å². The standard InChI is InChI=1S/C12H21N3O2S/c1-4-18(16,17)15(3)8-7-14-11-5-6-12(13)10(2)9-11/h5-6,9,14H,4,7-8,13H2,1-3H3. The van der Waals surface area contributed by atoms with Crippen LogP contribution >= 0.6 is 0 Å². The highest BCUT2D eigenvalue weighted by Crippen LogP contribution is 2.16. The molecule has 0 aliphatic heterocycles. The van der Waals surface area contributed by atoms with E-state index < -0.39 is 10.0 Å². The Morgan fingerprint density at radius 3 is 2.61 bits per heavy atom. The zero-order chi connectivity index (χ0) is 13.8. The number of rotatable bonds is 6. The molecule has 1 rings (SSSR count). The first-order valence-electron chi connectivity index (χ1n) is 5.91. The molecule has 0 saturated carbocycles. The third kappa shape index (κ3) is 3.89. The second kappa shape index (κ2) is 6.06. The Labute approximate surface area is 109 Å². The summed E-state index contributed by atoms with van der Waals surface area (Å²) in [5.74, 6) is 0.129. The molecule has 0 aromatic heterocycles. The summed E-state index contributed by atoms with van der Waals surface area (Å²) in [7, 11) is -1.50. The van der Waals surface area contributed by atoms with E-state index in [1.165, 1.54) is 4.31 Å². The van der Waals surface area contributed by atoms with Crippen LogP contribution in [0.4, 0.5) is 11.4 Å². The molecule has 0 bridgehead atoms. The molecular weight excluding hydrogens is 250 g/mol. The summed E-state index contributed by atoms with van der Waals surface area (Å²) in [6, 6.07) is 5.67. The average molecular weight is 271 g/mol. The Morgan fingerprint density at radius 1 is 1.39 bits per heavy atom. The zero-order valence-corrected chi connectivity index (χ0v) is 11.9. The molecule has 0 fully saturated rings. The predicted octanol–water partition coefficient (Wildman–Crippen LogP) is 1.27. The molecule has 0 saturated heterocycles. The number of nitrogens with zero attached hydrogens (tertiary/aromatic N) is 1. The fourth-order valence-electron chi connectivity index (χ4n) is 1.50. The monoisotopic (exact) mass is 271 g/mol. The maximum absolute atomic E-state index is 11.5. The molecule has 0 atom stereocenters. The number of likely N-dealkylation sites (N-methyl/N-ethyl adjacent to an activating group) is 1. The summed E-state index contributed by atoms with van der Waals surface area (Å²) in [4.78, 5) is 0. The van der Waals surface area contributed by atoms with Gasteiger partial charge in [0, 0.05) is 31.5 Å². The molecule has 1 aromatic rings. The lowest BCUT2D eigenvalue weighted by molar-refractivity contribution is 0.481. The van der Waals surface area contributed by atoms with E-state index >= 15 is 0 Å². The van der Waals surface area contributed by atoms with Gasteiger partial charge in [-0.15, -0.1) is 0 Å². The van der Waals surface area contributed by atoms with Crippen LogP contribution in [0.3, 0.4) is 0 Å². The third-order valence-electron chi connectivity index (χ3n) is 2.87. The van der Waals surface area contributed by atoms with Crippen LogP contribution in [0.5, 0.6) is 0 Å². The summed E-state index contributed by atoms with van der Waals surface area (Å²) >= 11 is 0. The van der Waals surface area contributed by atoms with Crippen LogP contribution in [0, 0.1) is 6.92 Å². The summed E-state index contributed by atoms with van der Waals surface area (Å²) in [5, 5.41) is 3.18. The molecule has 3 N–H and O–H groups in total. The number of sulfonamides is 1. The van der Waals surface area contributed by atoms with E-state index in [9.17, 15) is 8.42 Å². The second-order valence-corrected chi connectivity index (χ2v) is 6.58. The van der Waals surface area contributed by atoms with Crippen molar-refractivity contribution in [2.24, 2.45) is 0 Å². The van der Waals surface area contributed by atoms with E-state index in [4.69, 9.17) is 5.73 Å². The molecule has 0 spiro atoms. The Bertz CT molecular complexity index is 500. The average Bonchev–Trinajstić information content (AvgIpc) is 2.33. The molecular formula is C12H21N3O2S. The Kier molecular flexibility index (Phi) is 4.98. The summed E-state index contributed by atoms with van der Waals surface area (Å²) < 4.78 is 24.4. The summed E-state index contributed by atoms with van der Waals surface area (Å²) in [6.45, 7) is 4.59. The van der Waals surface area contributed by atoms with Crippen molar-refractivity contribution in [3.05, 3.63) is 23.8 Å². The quantitative estimate of drug-likeness (QED) is 0.764. The molecule has 5 nitrogen and oxygen atoms in total. The van der Waals surface area contributed by atoms with Gasteiger partial charge in [0.2, 0.25) is 10.0 Å². The maximum atomic E-state index is 11.5. The SMILES string of the molecule is CCS(=O)(=O)N(C)CCNc1ccc(N)c(C)c1. The van der Waals surface area contributed by atoms with Crippen molar-refractivity contribution in [1.82, 2.24) is 4.31 Å². The number of nitrogens with one attached hydrogen (secondary N) is 1. The molecule has 0 amide bonds. The van der Waals surface area contributed by atoms with Gasteiger partial charge >= 0.3 is 0 Å². The van der Waals surface area contributed by atoms with Gasteiger partial charge in [0.05, 0.1) is 5.75 Å². The van der Waals surface area contributed by atoms with E-state index in [1.807, 2.05) is 25.1 Å². The molecule has 0 aliphatic rings. The van der Waals surface area contributed by atoms with E-state index in [2.05, 4.69) is 5.32 Å². The molecule has 0 unspecified atom stereocenters. The van der Waals surface area contributed by atoms with Crippen molar-refractivity contribution < 1.29 is 8.42 Å². The normalized spacial score (nSPS) is 11.8. The molecule has 1 aromatic carbocycles. The number of nitrogen functional groups attached to an aromatic ring is 1. The van der Waals surface area contributed by atoms with Gasteiger partial charge in [-0.25, -0.2) is 12.7 Å². The number of hydrogen-bond donors (Lipinski definition) is 2. The van der Waals surface area contributed by atoms with Gasteiger partial charge in [-0.1, -0.05) is 0 Å². The smallest absolute Gasteiger partial charge is 0.213 e. The first-order chi connectivity index (χ1) is 8.36. The number of hydrogen-bond acceptors (Lipinski definition) is 4. The van der Waals surface area contributed by atoms with Crippen LogP contribution in [0.2, 0.25) is 0 Å². The maximum Gasteiger partial charge on any atom is 0.213 e. The molecule has 0 radical (unpaired) electrons. The van der Waals surface area contributed by atoms with E-state index in [-0.39, 0.29) is 5.75 Å². The minimum absolute atomic E-state index is 0.129. The lowest BCUT2D eigenvalue weighted by Gasteiger charge is -2.16. The Hall–Kier alpha value is -1.27. The summed E-state index contributed by atoms with van der Waals surface area (Å²) in [5.41, 5.74) is 8.44. The van der Waals surface area contributed by atoms with E-state index in [0.29, 0.717) is 13.1 Å². The highest BCUT2D eigenvalue weighted by molar-refractivity contribution is 7.89. The fourth-order valence-corrected chi connectivity index (χ4v) is 2.31. The van der Waals surface area contributed by atoms with E-state index in [0.717, 1.165) is 16.9 Å². The number of nitrogens with two attached hydrogens (primary N) is 1. The molecule has 18 heavy (non-hydrogen) atoms.